The van der Waals surface area contributed by atoms with Crippen molar-refractivity contribution >= 4 is 49.7 Å². The van der Waals surface area contributed by atoms with E-state index in [-0.39, 0.29) is 11.7 Å². The number of carbonyl (C=O) groups excluding carboxylic acids is 1. The standard InChI is InChI=1S/C14H11Br2N3O2/c15-10-5-8(6-11(16)13(10)20)7-18-19-14(21)9-3-1-2-4-12(9)17/h1-7,20H,17H2,(H,19,21). The molecule has 0 aliphatic heterocycles. The van der Waals surface area contributed by atoms with E-state index in [4.69, 9.17) is 5.73 Å². The number of hydrazone groups is 1. The number of halogens is 2. The molecule has 0 heterocycles. The van der Waals surface area contributed by atoms with Gasteiger partial charge in [-0.05, 0) is 61.7 Å². The van der Waals surface area contributed by atoms with Crippen molar-refractivity contribution < 1.29 is 9.90 Å². The molecule has 2 aromatic carbocycles. The number of nitrogens with one attached hydrogen (secondary N) is 1. The second kappa shape index (κ2) is 6.73. The second-order valence-electron chi connectivity index (χ2n) is 4.12. The molecule has 0 atom stereocenters. The first-order valence-electron chi connectivity index (χ1n) is 5.85. The molecule has 4 N–H and O–H groups in total. The highest BCUT2D eigenvalue weighted by Gasteiger charge is 2.07. The van der Waals surface area contributed by atoms with Crippen LogP contribution in [-0.4, -0.2) is 17.2 Å². The normalized spacial score (nSPS) is 10.8. The van der Waals surface area contributed by atoms with Crippen molar-refractivity contribution in [1.29, 1.82) is 0 Å². The van der Waals surface area contributed by atoms with Crippen molar-refractivity contribution in [1.82, 2.24) is 5.43 Å². The number of nitrogens with zero attached hydrogens (tertiary/aromatic N) is 1. The van der Waals surface area contributed by atoms with Gasteiger partial charge in [0.2, 0.25) is 0 Å². The second-order valence-corrected chi connectivity index (χ2v) is 5.83. The molecule has 108 valence electrons. The lowest BCUT2D eigenvalue weighted by Gasteiger charge is -2.04. The van der Waals surface area contributed by atoms with Crippen molar-refractivity contribution in [2.45, 2.75) is 0 Å². The molecule has 0 bridgehead atoms. The highest BCUT2D eigenvalue weighted by atomic mass is 79.9. The van der Waals surface area contributed by atoms with E-state index >= 15 is 0 Å². The number of hydrogen-bond donors (Lipinski definition) is 3. The number of nitrogen functional groups attached to an aromatic ring is 1. The third kappa shape index (κ3) is 3.83. The Kier molecular flexibility index (Phi) is 4.98. The number of nitrogens with two attached hydrogens (primary N) is 1. The number of amides is 1. The van der Waals surface area contributed by atoms with Gasteiger partial charge in [0.25, 0.3) is 5.91 Å². The summed E-state index contributed by atoms with van der Waals surface area (Å²) in [7, 11) is 0. The number of benzene rings is 2. The van der Waals surface area contributed by atoms with Crippen molar-refractivity contribution in [3.8, 4) is 5.75 Å². The molecular weight excluding hydrogens is 402 g/mol. The van der Waals surface area contributed by atoms with Crippen LogP contribution < -0.4 is 11.2 Å². The van der Waals surface area contributed by atoms with Crippen LogP contribution in [0.4, 0.5) is 5.69 Å². The van der Waals surface area contributed by atoms with E-state index in [1.807, 2.05) is 0 Å². The first kappa shape index (κ1) is 15.5. The number of phenolic OH excluding ortho intramolecular Hbond substituents is 1. The van der Waals surface area contributed by atoms with E-state index in [9.17, 15) is 9.90 Å². The Morgan fingerprint density at radius 3 is 2.48 bits per heavy atom. The molecule has 0 unspecified atom stereocenters. The number of para-hydroxylation sites is 1. The average Bonchev–Trinajstić information content (AvgIpc) is 2.45. The van der Waals surface area contributed by atoms with E-state index in [0.29, 0.717) is 25.8 Å². The lowest BCUT2D eigenvalue weighted by atomic mass is 10.2. The molecule has 0 aliphatic rings. The highest BCUT2D eigenvalue weighted by molar-refractivity contribution is 9.11. The van der Waals surface area contributed by atoms with Gasteiger partial charge in [-0.25, -0.2) is 5.43 Å². The first-order chi connectivity index (χ1) is 9.99. The fraction of sp³-hybridized carbons (Fsp3) is 0. The fourth-order valence-corrected chi connectivity index (χ4v) is 2.81. The van der Waals surface area contributed by atoms with Crippen LogP contribution in [0.3, 0.4) is 0 Å². The monoisotopic (exact) mass is 411 g/mol. The Labute approximate surface area is 138 Å². The van der Waals surface area contributed by atoms with E-state index in [0.717, 1.165) is 0 Å². The Balaban J connectivity index is 2.10. The Hall–Kier alpha value is -1.86. The van der Waals surface area contributed by atoms with Gasteiger partial charge >= 0.3 is 0 Å². The van der Waals surface area contributed by atoms with Gasteiger partial charge < -0.3 is 10.8 Å². The predicted molar refractivity (Wildman–Crippen MR) is 89.4 cm³/mol. The quantitative estimate of drug-likeness (QED) is 0.410. The molecule has 0 fully saturated rings. The Morgan fingerprint density at radius 1 is 1.24 bits per heavy atom. The molecule has 5 nitrogen and oxygen atoms in total. The Bertz CT molecular complexity index is 694. The largest absolute Gasteiger partial charge is 0.506 e. The maximum Gasteiger partial charge on any atom is 0.273 e. The van der Waals surface area contributed by atoms with Gasteiger partial charge in [-0.15, -0.1) is 0 Å². The maximum atomic E-state index is 11.9. The highest BCUT2D eigenvalue weighted by Crippen LogP contribution is 2.32. The minimum absolute atomic E-state index is 0.105. The molecule has 0 saturated heterocycles. The molecule has 0 aliphatic carbocycles. The fourth-order valence-electron chi connectivity index (χ4n) is 1.59. The summed E-state index contributed by atoms with van der Waals surface area (Å²) in [6.07, 6.45) is 1.46. The van der Waals surface area contributed by atoms with Crippen LogP contribution >= 0.6 is 31.9 Å². The van der Waals surface area contributed by atoms with Crippen molar-refractivity contribution in [2.75, 3.05) is 5.73 Å². The number of anilines is 1. The summed E-state index contributed by atoms with van der Waals surface area (Å²) in [5.74, 6) is -0.283. The summed E-state index contributed by atoms with van der Waals surface area (Å²) in [4.78, 5) is 11.9. The van der Waals surface area contributed by atoms with Gasteiger partial charge in [0.15, 0.2) is 0 Å². The van der Waals surface area contributed by atoms with Crippen LogP contribution in [-0.2, 0) is 0 Å². The number of hydrogen-bond acceptors (Lipinski definition) is 4. The molecule has 0 saturated carbocycles. The lowest BCUT2D eigenvalue weighted by molar-refractivity contribution is 0.0956. The van der Waals surface area contributed by atoms with Crippen molar-refractivity contribution in [3.63, 3.8) is 0 Å². The van der Waals surface area contributed by atoms with E-state index in [1.165, 1.54) is 6.21 Å². The smallest absolute Gasteiger partial charge is 0.273 e. The topological polar surface area (TPSA) is 87.7 Å². The third-order valence-corrected chi connectivity index (χ3v) is 3.83. The molecule has 7 heteroatoms. The summed E-state index contributed by atoms with van der Waals surface area (Å²) < 4.78 is 1.05. The molecule has 0 spiro atoms. The number of carbonyl (C=O) groups is 1. The van der Waals surface area contributed by atoms with E-state index in [2.05, 4.69) is 42.4 Å². The summed E-state index contributed by atoms with van der Waals surface area (Å²) in [5.41, 5.74) is 9.56. The number of rotatable bonds is 3. The molecule has 1 amide bonds. The zero-order chi connectivity index (χ0) is 15.4. The SMILES string of the molecule is Nc1ccccc1C(=O)NN=Cc1cc(Br)c(O)c(Br)c1. The summed E-state index contributed by atoms with van der Waals surface area (Å²) >= 11 is 6.44. The van der Waals surface area contributed by atoms with Crippen LogP contribution in [0.15, 0.2) is 50.4 Å². The van der Waals surface area contributed by atoms with Gasteiger partial charge in [-0.3, -0.25) is 4.79 Å². The molecule has 0 aromatic heterocycles. The molecule has 0 radical (unpaired) electrons. The number of aromatic hydroxyl groups is 1. The average molecular weight is 413 g/mol. The van der Waals surface area contributed by atoms with Gasteiger partial charge in [0, 0.05) is 5.69 Å². The molecule has 21 heavy (non-hydrogen) atoms. The lowest BCUT2D eigenvalue weighted by Crippen LogP contribution is -2.18. The minimum atomic E-state index is -0.388. The van der Waals surface area contributed by atoms with E-state index in [1.54, 1.807) is 36.4 Å². The Morgan fingerprint density at radius 2 is 1.86 bits per heavy atom. The van der Waals surface area contributed by atoms with Gasteiger partial charge in [0.1, 0.15) is 5.75 Å². The predicted octanol–water partition coefficient (Wildman–Crippen LogP) is 3.26. The van der Waals surface area contributed by atoms with Crippen LogP contribution in [0.5, 0.6) is 5.75 Å². The molecule has 2 rings (SSSR count). The van der Waals surface area contributed by atoms with Gasteiger partial charge in [-0.1, -0.05) is 12.1 Å². The maximum absolute atomic E-state index is 11.9. The van der Waals surface area contributed by atoms with Gasteiger partial charge in [-0.2, -0.15) is 5.10 Å². The van der Waals surface area contributed by atoms with Crippen LogP contribution in [0, 0.1) is 0 Å². The van der Waals surface area contributed by atoms with E-state index < -0.39 is 0 Å². The summed E-state index contributed by atoms with van der Waals surface area (Å²) in [5, 5.41) is 13.5. The molecule has 2 aromatic rings. The van der Waals surface area contributed by atoms with Crippen LogP contribution in [0.25, 0.3) is 0 Å². The van der Waals surface area contributed by atoms with Crippen LogP contribution in [0.2, 0.25) is 0 Å². The zero-order valence-corrected chi connectivity index (χ0v) is 13.8. The number of phenols is 1. The van der Waals surface area contributed by atoms with Crippen molar-refractivity contribution in [3.05, 3.63) is 56.5 Å². The van der Waals surface area contributed by atoms with Crippen LogP contribution in [0.1, 0.15) is 15.9 Å². The zero-order valence-electron chi connectivity index (χ0n) is 10.7. The van der Waals surface area contributed by atoms with Crippen molar-refractivity contribution in [2.24, 2.45) is 5.10 Å². The minimum Gasteiger partial charge on any atom is -0.506 e. The van der Waals surface area contributed by atoms with Gasteiger partial charge in [0.05, 0.1) is 20.7 Å². The third-order valence-electron chi connectivity index (χ3n) is 2.62. The first-order valence-corrected chi connectivity index (χ1v) is 7.43. The summed E-state index contributed by atoms with van der Waals surface area (Å²) in [6.45, 7) is 0. The summed E-state index contributed by atoms with van der Waals surface area (Å²) in [6, 6.07) is 10.1. The molecular formula is C14H11Br2N3O2.